The lowest BCUT2D eigenvalue weighted by Crippen LogP contribution is -2.35. The van der Waals surface area contributed by atoms with Crippen LogP contribution in [0.3, 0.4) is 0 Å². The molecule has 4 rings (SSSR count). The first kappa shape index (κ1) is 16.9. The van der Waals surface area contributed by atoms with Crippen LogP contribution < -0.4 is 4.74 Å². The summed E-state index contributed by atoms with van der Waals surface area (Å²) in [6, 6.07) is 1.86. The molecule has 0 aliphatic heterocycles. The Bertz CT molecular complexity index is 814. The van der Waals surface area contributed by atoms with Crippen molar-refractivity contribution >= 4 is 40.5 Å². The topological polar surface area (TPSA) is 52.6 Å². The van der Waals surface area contributed by atoms with Crippen molar-refractivity contribution in [2.75, 3.05) is 13.7 Å². The highest BCUT2D eigenvalue weighted by atomic mass is 35.5. The summed E-state index contributed by atoms with van der Waals surface area (Å²) >= 11 is 12.9. The fourth-order valence-corrected chi connectivity index (χ4v) is 5.12. The van der Waals surface area contributed by atoms with Gasteiger partial charge in [0.25, 0.3) is 0 Å². The van der Waals surface area contributed by atoms with E-state index in [-0.39, 0.29) is 28.7 Å². The van der Waals surface area contributed by atoms with E-state index in [1.807, 2.05) is 6.07 Å². The maximum atomic E-state index is 12.4. The minimum atomic E-state index is -0.483. The molecule has 0 radical (unpaired) electrons. The number of hydrogen-bond acceptors (Lipinski definition) is 4. The van der Waals surface area contributed by atoms with Gasteiger partial charge in [0.1, 0.15) is 10.8 Å². The molecule has 1 aromatic carbocycles. The van der Waals surface area contributed by atoms with Crippen molar-refractivity contribution in [3.8, 4) is 5.75 Å². The van der Waals surface area contributed by atoms with Crippen molar-refractivity contribution in [3.05, 3.63) is 33.3 Å². The smallest absolute Gasteiger partial charge is 0.343 e. The number of benzene rings is 1. The zero-order chi connectivity index (χ0) is 17.8. The molecule has 132 valence electrons. The number of methoxy groups -OCH3 is 1. The Morgan fingerprint density at radius 3 is 2.92 bits per heavy atom. The Kier molecular flexibility index (Phi) is 4.08. The third kappa shape index (κ3) is 2.58. The molecule has 1 aromatic rings. The van der Waals surface area contributed by atoms with E-state index in [9.17, 15) is 9.59 Å². The normalized spacial score (nSPS) is 26.6. The molecule has 0 N–H and O–H groups in total. The van der Waals surface area contributed by atoms with Crippen LogP contribution in [0.5, 0.6) is 5.75 Å². The number of allylic oxidation sites excluding steroid dienone is 2. The lowest BCUT2D eigenvalue weighted by atomic mass is 9.61. The van der Waals surface area contributed by atoms with E-state index in [2.05, 4.69) is 4.74 Å². The standard InChI is InChI=1S/C19H18Cl2O4/c1-24-15(23)9-25-14-5-11-8-19-4-2-3-10(7-19)13(22)6-12(19)16(11)18(21)17(14)20/h5-6,10H,2-4,7-9H2,1H3. The highest BCUT2D eigenvalue weighted by Crippen LogP contribution is 2.61. The number of carbonyl (C=O) groups is 2. The fourth-order valence-electron chi connectivity index (χ4n) is 4.60. The second-order valence-corrected chi connectivity index (χ2v) is 7.87. The minimum absolute atomic E-state index is 0.00684. The number of halogens is 2. The number of rotatable bonds is 3. The van der Waals surface area contributed by atoms with Crippen LogP contribution in [-0.4, -0.2) is 25.5 Å². The number of fused-ring (bicyclic) bond motifs is 3. The lowest BCUT2D eigenvalue weighted by Gasteiger charge is -2.42. The van der Waals surface area contributed by atoms with Crippen molar-refractivity contribution < 1.29 is 19.1 Å². The molecule has 4 nitrogen and oxygen atoms in total. The monoisotopic (exact) mass is 380 g/mol. The highest BCUT2D eigenvalue weighted by Gasteiger charge is 2.50. The van der Waals surface area contributed by atoms with Crippen LogP contribution in [0.25, 0.3) is 5.57 Å². The molecule has 1 fully saturated rings. The fraction of sp³-hybridized carbons (Fsp3) is 0.474. The molecule has 2 unspecified atom stereocenters. The largest absolute Gasteiger partial charge is 0.480 e. The third-order valence-electron chi connectivity index (χ3n) is 5.73. The van der Waals surface area contributed by atoms with Gasteiger partial charge in [-0.1, -0.05) is 29.6 Å². The van der Waals surface area contributed by atoms with Crippen molar-refractivity contribution in [3.63, 3.8) is 0 Å². The summed E-state index contributed by atoms with van der Waals surface area (Å²) < 4.78 is 10.1. The van der Waals surface area contributed by atoms with Crippen LogP contribution in [0.15, 0.2) is 12.1 Å². The molecule has 3 aliphatic rings. The molecule has 1 saturated carbocycles. The quantitative estimate of drug-likeness (QED) is 0.735. The molecule has 25 heavy (non-hydrogen) atoms. The number of esters is 1. The van der Waals surface area contributed by atoms with Gasteiger partial charge >= 0.3 is 5.97 Å². The summed E-state index contributed by atoms with van der Waals surface area (Å²) in [6.07, 6.45) is 6.60. The van der Waals surface area contributed by atoms with Gasteiger partial charge < -0.3 is 9.47 Å². The summed E-state index contributed by atoms with van der Waals surface area (Å²) in [4.78, 5) is 23.7. The van der Waals surface area contributed by atoms with Gasteiger partial charge in [0.05, 0.1) is 12.1 Å². The van der Waals surface area contributed by atoms with Crippen LogP contribution in [0.1, 0.15) is 36.8 Å². The predicted molar refractivity (Wildman–Crippen MR) is 95.1 cm³/mol. The zero-order valence-electron chi connectivity index (χ0n) is 13.9. The van der Waals surface area contributed by atoms with E-state index in [1.54, 1.807) is 6.08 Å². The Hall–Kier alpha value is -1.52. The van der Waals surface area contributed by atoms with Gasteiger partial charge in [-0.15, -0.1) is 0 Å². The van der Waals surface area contributed by atoms with Crippen molar-refractivity contribution in [1.82, 2.24) is 0 Å². The first-order chi connectivity index (χ1) is 11.9. The zero-order valence-corrected chi connectivity index (χ0v) is 15.4. The summed E-state index contributed by atoms with van der Waals surface area (Å²) in [6.45, 7) is -0.222. The van der Waals surface area contributed by atoms with Crippen molar-refractivity contribution in [2.24, 2.45) is 11.3 Å². The molecular formula is C19H18Cl2O4. The Morgan fingerprint density at radius 1 is 1.36 bits per heavy atom. The van der Waals surface area contributed by atoms with E-state index in [4.69, 9.17) is 27.9 Å². The maximum absolute atomic E-state index is 12.4. The summed E-state index contributed by atoms with van der Waals surface area (Å²) in [5.74, 6) is 0.237. The van der Waals surface area contributed by atoms with E-state index in [0.29, 0.717) is 10.8 Å². The van der Waals surface area contributed by atoms with Crippen molar-refractivity contribution in [2.45, 2.75) is 32.1 Å². The second kappa shape index (κ2) is 6.03. The minimum Gasteiger partial charge on any atom is -0.480 e. The molecule has 2 bridgehead atoms. The predicted octanol–water partition coefficient (Wildman–Crippen LogP) is 4.24. The number of ketones is 1. The van der Waals surface area contributed by atoms with Gasteiger partial charge in [-0.25, -0.2) is 4.79 Å². The lowest BCUT2D eigenvalue weighted by molar-refractivity contribution is -0.142. The molecule has 2 atom stereocenters. The van der Waals surface area contributed by atoms with Gasteiger partial charge in [0.2, 0.25) is 0 Å². The Morgan fingerprint density at radius 2 is 2.16 bits per heavy atom. The van der Waals surface area contributed by atoms with E-state index < -0.39 is 5.97 Å². The van der Waals surface area contributed by atoms with Crippen LogP contribution in [-0.2, 0) is 20.7 Å². The van der Waals surface area contributed by atoms with Crippen LogP contribution in [0.2, 0.25) is 10.0 Å². The van der Waals surface area contributed by atoms with E-state index >= 15 is 0 Å². The van der Waals surface area contributed by atoms with Crippen molar-refractivity contribution in [1.29, 1.82) is 0 Å². The van der Waals surface area contributed by atoms with Gasteiger partial charge in [-0.3, -0.25) is 4.79 Å². The first-order valence-electron chi connectivity index (χ1n) is 8.42. The molecule has 3 aliphatic carbocycles. The summed E-state index contributed by atoms with van der Waals surface area (Å²) in [5.41, 5.74) is 2.95. The number of ether oxygens (including phenoxy) is 2. The van der Waals surface area contributed by atoms with Crippen LogP contribution >= 0.6 is 23.2 Å². The van der Waals surface area contributed by atoms with Crippen LogP contribution in [0.4, 0.5) is 0 Å². The molecular weight excluding hydrogens is 363 g/mol. The van der Waals surface area contributed by atoms with E-state index in [1.165, 1.54) is 7.11 Å². The number of hydrogen-bond donors (Lipinski definition) is 0. The molecule has 0 aromatic heterocycles. The second-order valence-electron chi connectivity index (χ2n) is 7.11. The summed E-state index contributed by atoms with van der Waals surface area (Å²) in [7, 11) is 1.30. The Balaban J connectivity index is 1.76. The molecule has 1 spiro atoms. The molecule has 0 amide bonds. The average Bonchev–Trinajstić information content (AvgIpc) is 2.89. The maximum Gasteiger partial charge on any atom is 0.343 e. The average molecular weight is 381 g/mol. The highest BCUT2D eigenvalue weighted by molar-refractivity contribution is 6.44. The third-order valence-corrected chi connectivity index (χ3v) is 6.58. The first-order valence-corrected chi connectivity index (χ1v) is 9.17. The molecule has 0 heterocycles. The van der Waals surface area contributed by atoms with Gasteiger partial charge in [-0.2, -0.15) is 0 Å². The van der Waals surface area contributed by atoms with Crippen LogP contribution in [0, 0.1) is 11.3 Å². The summed E-state index contributed by atoms with van der Waals surface area (Å²) in [5, 5.41) is 0.673. The SMILES string of the molecule is COC(=O)COc1cc2c(c(Cl)c1Cl)C1=CC(=O)C3CCCC1(C2)C3. The molecule has 0 saturated heterocycles. The Labute approximate surface area is 156 Å². The van der Waals surface area contributed by atoms with E-state index in [0.717, 1.165) is 48.8 Å². The molecule has 6 heteroatoms. The van der Waals surface area contributed by atoms with Gasteiger partial charge in [0, 0.05) is 16.9 Å². The van der Waals surface area contributed by atoms with Gasteiger partial charge in [-0.05, 0) is 49.0 Å². The van der Waals surface area contributed by atoms with Gasteiger partial charge in [0.15, 0.2) is 12.4 Å². The number of carbonyl (C=O) groups excluding carboxylic acids is 2.